The number of nitrogens with two attached hydrogens (primary N) is 1. The highest BCUT2D eigenvalue weighted by Crippen LogP contribution is 2.22. The van der Waals surface area contributed by atoms with E-state index in [-0.39, 0.29) is 17.3 Å². The van der Waals surface area contributed by atoms with Gasteiger partial charge in [-0.25, -0.2) is 17.5 Å². The van der Waals surface area contributed by atoms with Crippen LogP contribution in [-0.2, 0) is 14.8 Å². The number of carbonyl (C=O) groups excluding carboxylic acids is 1. The molecular weight excluding hydrogens is 285 g/mol. The Balaban J connectivity index is 2.97. The number of nitrogens with one attached hydrogen (secondary N) is 2. The molecule has 0 saturated carbocycles. The van der Waals surface area contributed by atoms with Crippen LogP contribution in [0.2, 0.25) is 0 Å². The smallest absolute Gasteiger partial charge is 0.242 e. The number of amides is 1. The Morgan fingerprint density at radius 1 is 1.40 bits per heavy atom. The zero-order valence-electron chi connectivity index (χ0n) is 11.5. The van der Waals surface area contributed by atoms with Crippen molar-refractivity contribution in [2.45, 2.75) is 18.7 Å². The lowest BCUT2D eigenvalue weighted by Crippen LogP contribution is -2.43. The molecular formula is C12H18FN3O3S. The summed E-state index contributed by atoms with van der Waals surface area (Å²) in [6.45, 7) is 3.04. The molecule has 0 aromatic heterocycles. The van der Waals surface area contributed by atoms with Crippen LogP contribution in [0.3, 0.4) is 0 Å². The first-order valence-corrected chi connectivity index (χ1v) is 7.36. The summed E-state index contributed by atoms with van der Waals surface area (Å²) in [7, 11) is -2.52. The van der Waals surface area contributed by atoms with Gasteiger partial charge in [-0.1, -0.05) is 6.07 Å². The molecule has 1 aromatic carbocycles. The van der Waals surface area contributed by atoms with Gasteiger partial charge in [-0.15, -0.1) is 0 Å². The zero-order valence-corrected chi connectivity index (χ0v) is 12.3. The van der Waals surface area contributed by atoms with Crippen molar-refractivity contribution < 1.29 is 17.6 Å². The highest BCUT2D eigenvalue weighted by Gasteiger charge is 2.29. The average molecular weight is 303 g/mol. The summed E-state index contributed by atoms with van der Waals surface area (Å²) in [6, 6.07) is 3.53. The van der Waals surface area contributed by atoms with Gasteiger partial charge >= 0.3 is 0 Å². The second kappa shape index (κ2) is 5.76. The summed E-state index contributed by atoms with van der Waals surface area (Å²) < 4.78 is 39.7. The van der Waals surface area contributed by atoms with E-state index in [0.717, 1.165) is 6.07 Å². The fraction of sp³-hybridized carbons (Fsp3) is 0.417. The Morgan fingerprint density at radius 2 is 2.00 bits per heavy atom. The van der Waals surface area contributed by atoms with E-state index in [0.29, 0.717) is 0 Å². The van der Waals surface area contributed by atoms with Gasteiger partial charge < -0.3 is 11.1 Å². The summed E-state index contributed by atoms with van der Waals surface area (Å²) in [5.41, 5.74) is 4.03. The highest BCUT2D eigenvalue weighted by atomic mass is 32.2. The van der Waals surface area contributed by atoms with Crippen LogP contribution >= 0.6 is 0 Å². The molecule has 0 fully saturated rings. The predicted octanol–water partition coefficient (Wildman–Crippen LogP) is 0.458. The largest absolute Gasteiger partial charge is 0.395 e. The van der Waals surface area contributed by atoms with Gasteiger partial charge in [0.1, 0.15) is 10.7 Å². The summed E-state index contributed by atoms with van der Waals surface area (Å²) in [4.78, 5) is 11.2. The quantitative estimate of drug-likeness (QED) is 0.688. The second-order valence-electron chi connectivity index (χ2n) is 4.94. The minimum atomic E-state index is -3.98. The third kappa shape index (κ3) is 3.45. The van der Waals surface area contributed by atoms with Gasteiger partial charge in [-0.2, -0.15) is 0 Å². The lowest BCUT2D eigenvalue weighted by molar-refractivity contribution is -0.128. The normalized spacial score (nSPS) is 12.2. The number of rotatable bonds is 5. The maximum Gasteiger partial charge on any atom is 0.242 e. The number of halogens is 1. The molecule has 0 bridgehead atoms. The molecule has 8 heteroatoms. The van der Waals surface area contributed by atoms with E-state index >= 15 is 0 Å². The van der Waals surface area contributed by atoms with Crippen LogP contribution in [0, 0.1) is 11.2 Å². The molecule has 1 rings (SSSR count). The van der Waals surface area contributed by atoms with Crippen molar-refractivity contribution in [2.75, 3.05) is 19.3 Å². The molecule has 1 aromatic rings. The van der Waals surface area contributed by atoms with Crippen molar-refractivity contribution >= 4 is 21.6 Å². The first kappa shape index (κ1) is 16.4. The van der Waals surface area contributed by atoms with E-state index in [1.54, 1.807) is 13.8 Å². The van der Waals surface area contributed by atoms with Gasteiger partial charge in [0.2, 0.25) is 15.9 Å². The average Bonchev–Trinajstić information content (AvgIpc) is 2.38. The van der Waals surface area contributed by atoms with Crippen LogP contribution in [0.15, 0.2) is 23.1 Å². The number of hydrogen-bond donors (Lipinski definition) is 3. The molecule has 0 spiro atoms. The first-order chi connectivity index (χ1) is 9.12. The molecule has 0 atom stereocenters. The summed E-state index contributed by atoms with van der Waals surface area (Å²) in [5.74, 6) is -1.12. The van der Waals surface area contributed by atoms with Crippen LogP contribution < -0.4 is 15.8 Å². The fourth-order valence-electron chi connectivity index (χ4n) is 1.52. The first-order valence-electron chi connectivity index (χ1n) is 5.87. The van der Waals surface area contributed by atoms with Crippen molar-refractivity contribution in [3.05, 3.63) is 24.0 Å². The maximum absolute atomic E-state index is 13.3. The minimum absolute atomic E-state index is 0.134. The van der Waals surface area contributed by atoms with Crippen molar-refractivity contribution in [2.24, 2.45) is 5.41 Å². The molecule has 0 radical (unpaired) electrons. The van der Waals surface area contributed by atoms with E-state index in [2.05, 4.69) is 10.0 Å². The van der Waals surface area contributed by atoms with E-state index < -0.39 is 26.9 Å². The van der Waals surface area contributed by atoms with Crippen molar-refractivity contribution in [3.8, 4) is 0 Å². The molecule has 0 aliphatic rings. The molecule has 0 unspecified atom stereocenters. The molecule has 0 saturated heterocycles. The second-order valence-corrected chi connectivity index (χ2v) is 6.67. The van der Waals surface area contributed by atoms with Gasteiger partial charge in [0.15, 0.2) is 0 Å². The number of benzene rings is 1. The predicted molar refractivity (Wildman–Crippen MR) is 73.8 cm³/mol. The third-order valence-corrected chi connectivity index (χ3v) is 4.31. The molecule has 0 aliphatic carbocycles. The van der Waals surface area contributed by atoms with Crippen LogP contribution in [-0.4, -0.2) is 27.9 Å². The van der Waals surface area contributed by atoms with Crippen molar-refractivity contribution in [3.63, 3.8) is 0 Å². The standard InChI is InChI=1S/C12H18FN3O3S/c1-12(2,11(17)15-3)7-16-20(18,19)9-6-4-5-8(13)10(9)14/h4-6,16H,7,14H2,1-3H3,(H,15,17). The molecule has 6 nitrogen and oxygen atoms in total. The van der Waals surface area contributed by atoms with Crippen molar-refractivity contribution in [1.29, 1.82) is 0 Å². The Bertz CT molecular complexity index is 614. The van der Waals surface area contributed by atoms with Gasteiger partial charge in [-0.05, 0) is 26.0 Å². The highest BCUT2D eigenvalue weighted by molar-refractivity contribution is 7.89. The van der Waals surface area contributed by atoms with Gasteiger partial charge in [0.05, 0.1) is 11.1 Å². The summed E-state index contributed by atoms with van der Waals surface area (Å²) in [6.07, 6.45) is 0. The lowest BCUT2D eigenvalue weighted by atomic mass is 9.93. The van der Waals surface area contributed by atoms with E-state index in [9.17, 15) is 17.6 Å². The summed E-state index contributed by atoms with van der Waals surface area (Å²) >= 11 is 0. The van der Waals surface area contributed by atoms with Gasteiger partial charge in [0.25, 0.3) is 0 Å². The van der Waals surface area contributed by atoms with Crippen LogP contribution in [0.1, 0.15) is 13.8 Å². The fourth-order valence-corrected chi connectivity index (χ4v) is 2.87. The minimum Gasteiger partial charge on any atom is -0.395 e. The SMILES string of the molecule is CNC(=O)C(C)(C)CNS(=O)(=O)c1cccc(F)c1N. The lowest BCUT2D eigenvalue weighted by Gasteiger charge is -2.23. The number of carbonyl (C=O) groups is 1. The molecule has 4 N–H and O–H groups in total. The van der Waals surface area contributed by atoms with Gasteiger partial charge in [-0.3, -0.25) is 4.79 Å². The Morgan fingerprint density at radius 3 is 2.55 bits per heavy atom. The molecule has 20 heavy (non-hydrogen) atoms. The number of para-hydroxylation sites is 1. The van der Waals surface area contributed by atoms with Crippen LogP contribution in [0.5, 0.6) is 0 Å². The maximum atomic E-state index is 13.3. The van der Waals surface area contributed by atoms with E-state index in [1.807, 2.05) is 0 Å². The molecule has 1 amide bonds. The third-order valence-electron chi connectivity index (χ3n) is 2.85. The molecule has 112 valence electrons. The monoisotopic (exact) mass is 303 g/mol. The van der Waals surface area contributed by atoms with Crippen LogP contribution in [0.25, 0.3) is 0 Å². The number of nitrogen functional groups attached to an aromatic ring is 1. The number of anilines is 1. The number of hydrogen-bond acceptors (Lipinski definition) is 4. The van der Waals surface area contributed by atoms with Crippen molar-refractivity contribution in [1.82, 2.24) is 10.0 Å². The molecule has 0 aliphatic heterocycles. The Hall–Kier alpha value is -1.67. The molecule has 0 heterocycles. The topological polar surface area (TPSA) is 101 Å². The van der Waals surface area contributed by atoms with E-state index in [1.165, 1.54) is 19.2 Å². The zero-order chi connectivity index (χ0) is 15.6. The van der Waals surface area contributed by atoms with Gasteiger partial charge in [0, 0.05) is 13.6 Å². The Kier molecular flexibility index (Phi) is 4.72. The number of sulfonamides is 1. The van der Waals surface area contributed by atoms with Crippen LogP contribution in [0.4, 0.5) is 10.1 Å². The van der Waals surface area contributed by atoms with E-state index in [4.69, 9.17) is 5.73 Å². The Labute approximate surface area is 117 Å². The summed E-state index contributed by atoms with van der Waals surface area (Å²) in [5, 5.41) is 2.44.